The molecular weight excluding hydrogens is 282 g/mol. The normalized spacial score (nSPS) is 10.8. The molecule has 0 aliphatic rings. The predicted molar refractivity (Wildman–Crippen MR) is 81.7 cm³/mol. The summed E-state index contributed by atoms with van der Waals surface area (Å²) in [4.78, 5) is 28.4. The molecule has 3 aromatic rings. The van der Waals surface area contributed by atoms with E-state index in [4.69, 9.17) is 0 Å². The number of hydrogen-bond donors (Lipinski definition) is 1. The van der Waals surface area contributed by atoms with Crippen LogP contribution in [0.3, 0.4) is 0 Å². The summed E-state index contributed by atoms with van der Waals surface area (Å²) < 4.78 is 5.98. The van der Waals surface area contributed by atoms with Crippen molar-refractivity contribution in [2.45, 2.75) is 13.3 Å². The molecule has 1 aromatic carbocycles. The summed E-state index contributed by atoms with van der Waals surface area (Å²) in [6.07, 6.45) is -0.0865. The monoisotopic (exact) mass is 297 g/mol. The topological polar surface area (TPSA) is 76.5 Å². The second-order valence-corrected chi connectivity index (χ2v) is 4.96. The molecule has 0 atom stereocenters. The third-order valence-corrected chi connectivity index (χ3v) is 3.55. The van der Waals surface area contributed by atoms with Gasteiger partial charge in [-0.2, -0.15) is 0 Å². The second-order valence-electron chi connectivity index (χ2n) is 4.96. The number of rotatable bonds is 3. The summed E-state index contributed by atoms with van der Waals surface area (Å²) in [5.41, 5.74) is 2.87. The van der Waals surface area contributed by atoms with Gasteiger partial charge < -0.3 is 4.74 Å². The minimum absolute atomic E-state index is 0.0865. The number of aromatic nitrogens is 3. The van der Waals surface area contributed by atoms with E-state index >= 15 is 0 Å². The number of nitrogens with zero attached hydrogens (tertiary/aromatic N) is 2. The van der Waals surface area contributed by atoms with Crippen LogP contribution in [0.25, 0.3) is 16.9 Å². The van der Waals surface area contributed by atoms with E-state index in [1.54, 1.807) is 6.92 Å². The number of aryl methyl sites for hydroxylation is 1. The molecule has 0 radical (unpaired) electrons. The summed E-state index contributed by atoms with van der Waals surface area (Å²) in [5, 5.41) is 3.03. The van der Waals surface area contributed by atoms with Gasteiger partial charge in [-0.3, -0.25) is 14.7 Å². The molecule has 0 saturated carbocycles. The zero-order chi connectivity index (χ0) is 15.7. The average Bonchev–Trinajstić information content (AvgIpc) is 2.96. The van der Waals surface area contributed by atoms with Crippen LogP contribution in [0.5, 0.6) is 0 Å². The first-order valence-electron chi connectivity index (χ1n) is 6.83. The van der Waals surface area contributed by atoms with Crippen molar-refractivity contribution in [3.63, 3.8) is 0 Å². The molecule has 6 nitrogen and oxygen atoms in total. The van der Waals surface area contributed by atoms with Crippen LogP contribution in [0.15, 0.2) is 41.2 Å². The number of ether oxygens (including phenoxy) is 1. The van der Waals surface area contributed by atoms with Crippen LogP contribution in [-0.4, -0.2) is 27.7 Å². The van der Waals surface area contributed by atoms with Gasteiger partial charge in [0.1, 0.15) is 0 Å². The van der Waals surface area contributed by atoms with E-state index in [-0.39, 0.29) is 12.0 Å². The molecule has 0 bridgehead atoms. The zero-order valence-corrected chi connectivity index (χ0v) is 12.3. The number of carbonyl (C=O) groups is 1. The van der Waals surface area contributed by atoms with Gasteiger partial charge >= 0.3 is 5.97 Å². The molecule has 0 fully saturated rings. The highest BCUT2D eigenvalue weighted by atomic mass is 16.5. The third-order valence-electron chi connectivity index (χ3n) is 3.55. The first-order valence-corrected chi connectivity index (χ1v) is 6.83. The van der Waals surface area contributed by atoms with Gasteiger partial charge in [-0.25, -0.2) is 9.50 Å². The van der Waals surface area contributed by atoms with E-state index < -0.39 is 5.97 Å². The summed E-state index contributed by atoms with van der Waals surface area (Å²) in [7, 11) is 1.30. The van der Waals surface area contributed by atoms with Crippen LogP contribution in [0.1, 0.15) is 11.3 Å². The predicted octanol–water partition coefficient (Wildman–Crippen LogP) is 1.71. The van der Waals surface area contributed by atoms with Crippen LogP contribution >= 0.6 is 0 Å². The first kappa shape index (κ1) is 14.1. The van der Waals surface area contributed by atoms with E-state index in [1.807, 2.05) is 36.4 Å². The Bertz CT molecular complexity index is 894. The summed E-state index contributed by atoms with van der Waals surface area (Å²) in [5.74, 6) is -0.461. The van der Waals surface area contributed by atoms with E-state index in [9.17, 15) is 9.59 Å². The summed E-state index contributed by atoms with van der Waals surface area (Å²) in [6, 6.07) is 11.5. The van der Waals surface area contributed by atoms with Gasteiger partial charge in [0.25, 0.3) is 5.56 Å². The van der Waals surface area contributed by atoms with Crippen molar-refractivity contribution in [3.8, 4) is 11.3 Å². The molecule has 22 heavy (non-hydrogen) atoms. The van der Waals surface area contributed by atoms with Gasteiger partial charge in [0, 0.05) is 11.8 Å². The van der Waals surface area contributed by atoms with E-state index in [2.05, 4.69) is 14.8 Å². The molecule has 3 rings (SSSR count). The van der Waals surface area contributed by atoms with E-state index in [0.717, 1.165) is 11.3 Å². The van der Waals surface area contributed by atoms with Crippen molar-refractivity contribution < 1.29 is 9.53 Å². The zero-order valence-electron chi connectivity index (χ0n) is 12.3. The van der Waals surface area contributed by atoms with Gasteiger partial charge in [0.15, 0.2) is 5.65 Å². The molecule has 0 unspecified atom stereocenters. The van der Waals surface area contributed by atoms with Crippen molar-refractivity contribution in [2.24, 2.45) is 0 Å². The van der Waals surface area contributed by atoms with E-state index in [0.29, 0.717) is 16.9 Å². The number of carbonyl (C=O) groups excluding carboxylic acids is 1. The van der Waals surface area contributed by atoms with Crippen LogP contribution in [0.2, 0.25) is 0 Å². The standard InChI is InChI=1S/C16H15N3O3/c1-10-12(8-15(20)22-2)16(21)19-14(17-10)9-13(18-19)11-6-4-3-5-7-11/h3-7,9,18H,8H2,1-2H3. The fraction of sp³-hybridized carbons (Fsp3) is 0.188. The molecule has 6 heteroatoms. The van der Waals surface area contributed by atoms with Crippen LogP contribution < -0.4 is 5.56 Å². The number of H-pyrrole nitrogens is 1. The highest BCUT2D eigenvalue weighted by molar-refractivity contribution is 5.73. The molecule has 0 spiro atoms. The van der Waals surface area contributed by atoms with Gasteiger partial charge in [0.05, 0.1) is 24.8 Å². The fourth-order valence-corrected chi connectivity index (χ4v) is 2.36. The molecular formula is C16H15N3O3. The van der Waals surface area contributed by atoms with Crippen molar-refractivity contribution in [1.29, 1.82) is 0 Å². The minimum Gasteiger partial charge on any atom is -0.469 e. The lowest BCUT2D eigenvalue weighted by molar-refractivity contribution is -0.139. The summed E-state index contributed by atoms with van der Waals surface area (Å²) in [6.45, 7) is 1.72. The van der Waals surface area contributed by atoms with Crippen LogP contribution in [0, 0.1) is 6.92 Å². The smallest absolute Gasteiger partial charge is 0.310 e. The Kier molecular flexibility index (Phi) is 3.50. The van der Waals surface area contributed by atoms with Gasteiger partial charge in [-0.15, -0.1) is 0 Å². The maximum atomic E-state index is 12.5. The SMILES string of the molecule is COC(=O)Cc1c(C)nc2cc(-c3ccccc3)[nH]n2c1=O. The Hall–Kier alpha value is -2.89. The maximum absolute atomic E-state index is 12.5. The molecule has 2 heterocycles. The quantitative estimate of drug-likeness (QED) is 0.747. The summed E-state index contributed by atoms with van der Waals surface area (Å²) >= 11 is 0. The average molecular weight is 297 g/mol. The third kappa shape index (κ3) is 2.39. The second kappa shape index (κ2) is 5.48. The number of nitrogens with one attached hydrogen (secondary N) is 1. The highest BCUT2D eigenvalue weighted by Gasteiger charge is 2.15. The molecule has 2 aromatic heterocycles. The largest absolute Gasteiger partial charge is 0.469 e. The lowest BCUT2D eigenvalue weighted by atomic mass is 10.1. The van der Waals surface area contributed by atoms with Crippen molar-refractivity contribution in [3.05, 3.63) is 58.0 Å². The molecule has 0 saturated heterocycles. The lowest BCUT2D eigenvalue weighted by Crippen LogP contribution is -2.24. The first-order chi connectivity index (χ1) is 10.6. The Labute approximate surface area is 126 Å². The van der Waals surface area contributed by atoms with Crippen molar-refractivity contribution in [1.82, 2.24) is 14.6 Å². The number of fused-ring (bicyclic) bond motifs is 1. The Morgan fingerprint density at radius 2 is 2.05 bits per heavy atom. The number of hydrogen-bond acceptors (Lipinski definition) is 4. The van der Waals surface area contributed by atoms with E-state index in [1.165, 1.54) is 11.6 Å². The van der Waals surface area contributed by atoms with Gasteiger partial charge in [-0.1, -0.05) is 30.3 Å². The lowest BCUT2D eigenvalue weighted by Gasteiger charge is -2.04. The number of esters is 1. The van der Waals surface area contributed by atoms with Gasteiger partial charge in [-0.05, 0) is 12.5 Å². The molecule has 112 valence electrons. The fourth-order valence-electron chi connectivity index (χ4n) is 2.36. The Morgan fingerprint density at radius 1 is 1.32 bits per heavy atom. The highest BCUT2D eigenvalue weighted by Crippen LogP contribution is 2.18. The Morgan fingerprint density at radius 3 is 2.73 bits per heavy atom. The van der Waals surface area contributed by atoms with Crippen molar-refractivity contribution >= 4 is 11.6 Å². The number of methoxy groups -OCH3 is 1. The maximum Gasteiger partial charge on any atom is 0.310 e. The van der Waals surface area contributed by atoms with Crippen molar-refractivity contribution in [2.75, 3.05) is 7.11 Å². The molecule has 0 aliphatic heterocycles. The molecule has 0 amide bonds. The molecule has 0 aliphatic carbocycles. The van der Waals surface area contributed by atoms with Gasteiger partial charge in [0.2, 0.25) is 0 Å². The minimum atomic E-state index is -0.461. The Balaban J connectivity index is 2.15. The number of benzene rings is 1. The molecule has 1 N–H and O–H groups in total. The number of aromatic amines is 1. The van der Waals surface area contributed by atoms with Crippen LogP contribution in [-0.2, 0) is 16.0 Å². The van der Waals surface area contributed by atoms with Crippen LogP contribution in [0.4, 0.5) is 0 Å².